The summed E-state index contributed by atoms with van der Waals surface area (Å²) in [5, 5.41) is 2.67. The number of anilines is 1. The molecular formula is C40H57F3N4O4. The zero-order chi connectivity index (χ0) is 38.8. The standard InChI is InChI=1S/C15H16F3NO2.C11H14N2O2.C11H16.C2H6.CH5N/c1-11(19-8-2-3-12(9-19)10-20)13-4-6-14(7-5-13)21-15(16,17)18;1-8(14)13-10-5-2-9(3-6-10)4-7-11(12)15;1-3-7-11-9-6-5-8-10(11)4-2;2*1-2/h4-7,10,12H,1-3,8-9H2;2-3,5-6H,4,7H2,1H3,(H2,12,15)(H,13,14);5-6,8-9H,3-4,7H2,1-2H3;1-2H3;2H2,1H3. The van der Waals surface area contributed by atoms with Crippen LogP contribution >= 0.6 is 0 Å². The first-order chi connectivity index (χ1) is 24.3. The van der Waals surface area contributed by atoms with Gasteiger partial charge in [0.15, 0.2) is 0 Å². The molecule has 1 aliphatic rings. The topological polar surface area (TPSA) is 128 Å². The number of halogens is 3. The maximum Gasteiger partial charge on any atom is 0.573 e. The highest BCUT2D eigenvalue weighted by Crippen LogP contribution is 2.27. The average Bonchev–Trinajstić information content (AvgIpc) is 3.13. The van der Waals surface area contributed by atoms with Crippen LogP contribution in [0.5, 0.6) is 5.75 Å². The van der Waals surface area contributed by atoms with E-state index in [1.54, 1.807) is 12.1 Å². The number of hydrogen-bond acceptors (Lipinski definition) is 6. The molecule has 0 spiro atoms. The lowest BCUT2D eigenvalue weighted by molar-refractivity contribution is -0.274. The number of carbonyl (C=O) groups is 3. The zero-order valence-electron chi connectivity index (χ0n) is 31.0. The second-order valence-electron chi connectivity index (χ2n) is 11.2. The third kappa shape index (κ3) is 20.0. The van der Waals surface area contributed by atoms with Gasteiger partial charge in [0.1, 0.15) is 12.0 Å². The van der Waals surface area contributed by atoms with E-state index >= 15 is 0 Å². The van der Waals surface area contributed by atoms with Crippen LogP contribution in [0.1, 0.15) is 82.6 Å². The maximum absolute atomic E-state index is 12.1. The number of alkyl halides is 3. The molecule has 1 aliphatic heterocycles. The van der Waals surface area contributed by atoms with E-state index in [0.29, 0.717) is 25.1 Å². The van der Waals surface area contributed by atoms with Crippen molar-refractivity contribution >= 4 is 29.5 Å². The molecule has 1 saturated heterocycles. The molecule has 8 nitrogen and oxygen atoms in total. The summed E-state index contributed by atoms with van der Waals surface area (Å²) in [5.74, 6) is -0.673. The molecule has 2 amide bonds. The van der Waals surface area contributed by atoms with Crippen LogP contribution in [-0.2, 0) is 33.6 Å². The minimum absolute atomic E-state index is 0.0108. The first-order valence-corrected chi connectivity index (χ1v) is 17.4. The van der Waals surface area contributed by atoms with Gasteiger partial charge in [-0.3, -0.25) is 9.59 Å². The number of primary amides is 1. The number of nitrogens with one attached hydrogen (secondary N) is 1. The van der Waals surface area contributed by atoms with Crippen molar-refractivity contribution in [1.82, 2.24) is 4.90 Å². The second-order valence-corrected chi connectivity index (χ2v) is 11.2. The van der Waals surface area contributed by atoms with Gasteiger partial charge in [-0.05, 0) is 97.8 Å². The number of ether oxygens (including phenoxy) is 1. The Balaban J connectivity index is 0.000000733. The average molecular weight is 715 g/mol. The molecule has 0 aliphatic carbocycles. The molecule has 3 aromatic rings. The van der Waals surface area contributed by atoms with E-state index in [4.69, 9.17) is 5.73 Å². The fraction of sp³-hybridized carbons (Fsp3) is 0.425. The van der Waals surface area contributed by atoms with Crippen LogP contribution in [0.25, 0.3) is 5.70 Å². The summed E-state index contributed by atoms with van der Waals surface area (Å²) < 4.78 is 40.1. The van der Waals surface area contributed by atoms with Crippen molar-refractivity contribution in [3.8, 4) is 5.75 Å². The van der Waals surface area contributed by atoms with Gasteiger partial charge in [0.2, 0.25) is 11.8 Å². The number of piperidine rings is 1. The number of aryl methyl sites for hydroxylation is 3. The Kier molecular flexibility index (Phi) is 23.8. The van der Waals surface area contributed by atoms with Crippen molar-refractivity contribution < 1.29 is 32.3 Å². The Hall–Kier alpha value is -4.64. The highest BCUT2D eigenvalue weighted by Gasteiger charge is 2.31. The number of aldehydes is 1. The monoisotopic (exact) mass is 714 g/mol. The SMILES string of the molecule is C=C(c1ccc(OC(F)(F)F)cc1)N1CCCC(C=O)C1.CC.CC(=O)Nc1ccc(CCC(N)=O)cc1.CCCc1ccccc1CC.CN. The van der Waals surface area contributed by atoms with Gasteiger partial charge in [-0.15, -0.1) is 13.2 Å². The summed E-state index contributed by atoms with van der Waals surface area (Å²) in [6.07, 6.45) is 2.64. The number of rotatable bonds is 11. The quantitative estimate of drug-likeness (QED) is 0.172. The predicted octanol–water partition coefficient (Wildman–Crippen LogP) is 8.33. The van der Waals surface area contributed by atoms with Crippen molar-refractivity contribution in [3.05, 3.63) is 102 Å². The number of carbonyl (C=O) groups excluding carboxylic acids is 3. The Bertz CT molecular complexity index is 1430. The van der Waals surface area contributed by atoms with Gasteiger partial charge in [-0.1, -0.05) is 77.1 Å². The van der Waals surface area contributed by atoms with E-state index in [1.807, 2.05) is 30.9 Å². The lowest BCUT2D eigenvalue weighted by Crippen LogP contribution is -2.34. The van der Waals surface area contributed by atoms with Gasteiger partial charge in [-0.25, -0.2) is 0 Å². The predicted molar refractivity (Wildman–Crippen MR) is 202 cm³/mol. The van der Waals surface area contributed by atoms with Crippen molar-refractivity contribution in [2.75, 3.05) is 25.5 Å². The Labute approximate surface area is 302 Å². The molecule has 5 N–H and O–H groups in total. The molecule has 4 rings (SSSR count). The number of hydrogen-bond donors (Lipinski definition) is 3. The molecule has 1 fully saturated rings. The van der Waals surface area contributed by atoms with Gasteiger partial charge in [0.05, 0.1) is 0 Å². The van der Waals surface area contributed by atoms with Crippen molar-refractivity contribution in [2.24, 2.45) is 17.4 Å². The minimum atomic E-state index is -4.69. The zero-order valence-corrected chi connectivity index (χ0v) is 31.0. The maximum atomic E-state index is 12.1. The number of benzene rings is 3. The molecule has 0 saturated carbocycles. The van der Waals surface area contributed by atoms with Gasteiger partial charge < -0.3 is 31.2 Å². The fourth-order valence-electron chi connectivity index (χ4n) is 5.04. The minimum Gasteiger partial charge on any atom is -0.406 e. The number of likely N-dealkylation sites (tertiary alicyclic amines) is 1. The van der Waals surface area contributed by atoms with Gasteiger partial charge in [0.25, 0.3) is 0 Å². The smallest absolute Gasteiger partial charge is 0.406 e. The highest BCUT2D eigenvalue weighted by molar-refractivity contribution is 5.88. The Morgan fingerprint density at radius 1 is 0.961 bits per heavy atom. The molecule has 3 aromatic carbocycles. The molecular weight excluding hydrogens is 657 g/mol. The van der Waals surface area contributed by atoms with Crippen LogP contribution < -0.4 is 21.5 Å². The molecule has 1 heterocycles. The molecule has 0 radical (unpaired) electrons. The first-order valence-electron chi connectivity index (χ1n) is 17.4. The number of amides is 2. The first kappa shape index (κ1) is 46.4. The molecule has 1 unspecified atom stereocenters. The number of nitrogens with two attached hydrogens (primary N) is 2. The van der Waals surface area contributed by atoms with Crippen molar-refractivity contribution in [3.63, 3.8) is 0 Å². The third-order valence-electron chi connectivity index (χ3n) is 7.41. The molecule has 51 heavy (non-hydrogen) atoms. The summed E-state index contributed by atoms with van der Waals surface area (Å²) in [5.41, 5.74) is 15.8. The molecule has 282 valence electrons. The summed E-state index contributed by atoms with van der Waals surface area (Å²) in [6.45, 7) is 15.3. The van der Waals surface area contributed by atoms with E-state index in [-0.39, 0.29) is 23.5 Å². The summed E-state index contributed by atoms with van der Waals surface area (Å²) in [7, 11) is 1.50. The van der Waals surface area contributed by atoms with E-state index in [1.165, 1.54) is 62.2 Å². The van der Waals surface area contributed by atoms with Crippen LogP contribution in [0.2, 0.25) is 0 Å². The van der Waals surface area contributed by atoms with E-state index in [0.717, 1.165) is 48.9 Å². The summed E-state index contributed by atoms with van der Waals surface area (Å²) in [4.78, 5) is 34.1. The van der Waals surface area contributed by atoms with Crippen LogP contribution in [0, 0.1) is 5.92 Å². The Morgan fingerprint density at radius 2 is 1.55 bits per heavy atom. The molecule has 0 bridgehead atoms. The Morgan fingerprint density at radius 3 is 2.04 bits per heavy atom. The summed E-state index contributed by atoms with van der Waals surface area (Å²) >= 11 is 0. The third-order valence-corrected chi connectivity index (χ3v) is 7.41. The van der Waals surface area contributed by atoms with E-state index < -0.39 is 6.36 Å². The molecule has 11 heteroatoms. The van der Waals surface area contributed by atoms with Crippen molar-refractivity contribution in [1.29, 1.82) is 0 Å². The lowest BCUT2D eigenvalue weighted by Gasteiger charge is -2.33. The van der Waals surface area contributed by atoms with Gasteiger partial charge >= 0.3 is 6.36 Å². The lowest BCUT2D eigenvalue weighted by atomic mass is 9.98. The van der Waals surface area contributed by atoms with Crippen molar-refractivity contribution in [2.45, 2.75) is 85.9 Å². The molecule has 1 atom stereocenters. The normalized spacial score (nSPS) is 13.1. The van der Waals surface area contributed by atoms with Crippen LogP contribution in [0.15, 0.2) is 79.4 Å². The van der Waals surface area contributed by atoms with Gasteiger partial charge in [-0.2, -0.15) is 0 Å². The van der Waals surface area contributed by atoms with Crippen LogP contribution in [0.3, 0.4) is 0 Å². The van der Waals surface area contributed by atoms with Crippen LogP contribution in [-0.4, -0.2) is 49.5 Å². The van der Waals surface area contributed by atoms with Gasteiger partial charge in [0, 0.05) is 43.7 Å². The highest BCUT2D eigenvalue weighted by atomic mass is 19.4. The van der Waals surface area contributed by atoms with E-state index in [2.05, 4.69) is 60.5 Å². The number of nitrogens with zero attached hydrogens (tertiary/aromatic N) is 1. The molecule has 0 aromatic heterocycles. The summed E-state index contributed by atoms with van der Waals surface area (Å²) in [6, 6.07) is 21.7. The largest absolute Gasteiger partial charge is 0.573 e. The van der Waals surface area contributed by atoms with E-state index in [9.17, 15) is 27.6 Å². The fourth-order valence-corrected chi connectivity index (χ4v) is 5.04. The van der Waals surface area contributed by atoms with Crippen LogP contribution in [0.4, 0.5) is 18.9 Å². The second kappa shape index (κ2) is 26.2.